The number of aryl methyl sites for hydroxylation is 1. The van der Waals surface area contributed by atoms with Crippen molar-refractivity contribution in [2.45, 2.75) is 20.5 Å². The fraction of sp³-hybridized carbons (Fsp3) is 0.0968. The molecule has 5 nitrogen and oxygen atoms in total. The smallest absolute Gasteiger partial charge is 0.271 e. The van der Waals surface area contributed by atoms with Gasteiger partial charge in [0, 0.05) is 43.8 Å². The SMILES string of the molecule is Cc1cc(/C=N/NC(=O)c2ccc3ccccc3c2)c(C)n1-c1ccc(OCc2ccc(Cl)cc2Cl)cc1. The molecule has 5 rings (SSSR count). The van der Waals surface area contributed by atoms with Gasteiger partial charge in [-0.25, -0.2) is 5.43 Å². The van der Waals surface area contributed by atoms with Gasteiger partial charge >= 0.3 is 0 Å². The van der Waals surface area contributed by atoms with Crippen molar-refractivity contribution in [1.82, 2.24) is 9.99 Å². The van der Waals surface area contributed by atoms with Crippen molar-refractivity contribution in [3.8, 4) is 11.4 Å². The van der Waals surface area contributed by atoms with Crippen LogP contribution in [0.1, 0.15) is 32.9 Å². The summed E-state index contributed by atoms with van der Waals surface area (Å²) in [6, 6.07) is 28.8. The summed E-state index contributed by atoms with van der Waals surface area (Å²) in [7, 11) is 0. The Balaban J connectivity index is 1.25. The second-order valence-corrected chi connectivity index (χ2v) is 9.78. The fourth-order valence-electron chi connectivity index (χ4n) is 4.36. The summed E-state index contributed by atoms with van der Waals surface area (Å²) in [5.41, 5.74) is 8.04. The molecule has 1 amide bonds. The number of ether oxygens (including phenoxy) is 1. The number of nitrogens with zero attached hydrogens (tertiary/aromatic N) is 2. The lowest BCUT2D eigenvalue weighted by Gasteiger charge is -2.12. The molecular formula is C31H25Cl2N3O2. The highest BCUT2D eigenvalue weighted by molar-refractivity contribution is 6.35. The number of nitrogens with one attached hydrogen (secondary N) is 1. The number of benzene rings is 4. The summed E-state index contributed by atoms with van der Waals surface area (Å²) in [5.74, 6) is 0.483. The van der Waals surface area contributed by atoms with E-state index < -0.39 is 0 Å². The minimum Gasteiger partial charge on any atom is -0.489 e. The van der Waals surface area contributed by atoms with Crippen LogP contribution in [0.25, 0.3) is 16.5 Å². The molecule has 190 valence electrons. The lowest BCUT2D eigenvalue weighted by molar-refractivity contribution is 0.0955. The maximum absolute atomic E-state index is 12.6. The van der Waals surface area contributed by atoms with Crippen molar-refractivity contribution in [1.29, 1.82) is 0 Å². The third-order valence-electron chi connectivity index (χ3n) is 6.36. The second kappa shape index (κ2) is 11.1. The molecule has 0 spiro atoms. The molecule has 5 aromatic rings. The first kappa shape index (κ1) is 25.6. The van der Waals surface area contributed by atoms with E-state index in [1.54, 1.807) is 24.4 Å². The van der Waals surface area contributed by atoms with E-state index in [0.717, 1.165) is 44.7 Å². The highest BCUT2D eigenvalue weighted by Gasteiger charge is 2.11. The zero-order valence-corrected chi connectivity index (χ0v) is 22.4. The minimum absolute atomic E-state index is 0.253. The van der Waals surface area contributed by atoms with Crippen molar-refractivity contribution in [3.63, 3.8) is 0 Å². The molecule has 0 aliphatic rings. The molecule has 1 heterocycles. The van der Waals surface area contributed by atoms with Crippen LogP contribution in [0, 0.1) is 13.8 Å². The molecule has 0 radical (unpaired) electrons. The minimum atomic E-state index is -0.253. The van der Waals surface area contributed by atoms with Crippen LogP contribution in [0.5, 0.6) is 5.75 Å². The molecular weight excluding hydrogens is 517 g/mol. The van der Waals surface area contributed by atoms with Crippen molar-refractivity contribution in [2.24, 2.45) is 5.10 Å². The van der Waals surface area contributed by atoms with E-state index in [-0.39, 0.29) is 5.91 Å². The maximum atomic E-state index is 12.6. The summed E-state index contributed by atoms with van der Waals surface area (Å²) in [6.45, 7) is 4.40. The summed E-state index contributed by atoms with van der Waals surface area (Å²) in [5, 5.41) is 7.48. The average molecular weight is 542 g/mol. The van der Waals surface area contributed by atoms with Crippen LogP contribution >= 0.6 is 23.2 Å². The first-order valence-electron chi connectivity index (χ1n) is 12.1. The van der Waals surface area contributed by atoms with Gasteiger partial charge in [-0.2, -0.15) is 5.10 Å². The van der Waals surface area contributed by atoms with Crippen LogP contribution < -0.4 is 10.2 Å². The molecule has 0 saturated carbocycles. The van der Waals surface area contributed by atoms with Gasteiger partial charge in [-0.1, -0.05) is 59.6 Å². The Bertz CT molecular complexity index is 1660. The first-order chi connectivity index (χ1) is 18.4. The van der Waals surface area contributed by atoms with Crippen LogP contribution in [-0.2, 0) is 6.61 Å². The normalized spacial score (nSPS) is 11.3. The van der Waals surface area contributed by atoms with Gasteiger partial charge in [-0.15, -0.1) is 0 Å². The van der Waals surface area contributed by atoms with Gasteiger partial charge in [0.1, 0.15) is 12.4 Å². The Labute approximate surface area is 231 Å². The summed E-state index contributed by atoms with van der Waals surface area (Å²) in [4.78, 5) is 12.6. The molecule has 0 saturated heterocycles. The Morgan fingerprint density at radius 3 is 2.45 bits per heavy atom. The number of hydrogen-bond acceptors (Lipinski definition) is 3. The van der Waals surface area contributed by atoms with Crippen LogP contribution in [-0.4, -0.2) is 16.7 Å². The Kier molecular flexibility index (Phi) is 7.50. The van der Waals surface area contributed by atoms with E-state index in [1.807, 2.05) is 86.6 Å². The van der Waals surface area contributed by atoms with Gasteiger partial charge in [0.05, 0.1) is 6.21 Å². The van der Waals surface area contributed by atoms with Gasteiger partial charge in [-0.05, 0) is 79.2 Å². The Morgan fingerprint density at radius 1 is 0.921 bits per heavy atom. The third-order valence-corrected chi connectivity index (χ3v) is 6.94. The number of aromatic nitrogens is 1. The number of halogens is 2. The van der Waals surface area contributed by atoms with E-state index in [0.29, 0.717) is 22.2 Å². The maximum Gasteiger partial charge on any atom is 0.271 e. The Morgan fingerprint density at radius 2 is 1.68 bits per heavy atom. The van der Waals surface area contributed by atoms with Crippen LogP contribution in [0.3, 0.4) is 0 Å². The predicted molar refractivity (Wildman–Crippen MR) is 155 cm³/mol. The third kappa shape index (κ3) is 5.59. The highest BCUT2D eigenvalue weighted by Crippen LogP contribution is 2.25. The van der Waals surface area contributed by atoms with Gasteiger partial charge in [0.15, 0.2) is 0 Å². The lowest BCUT2D eigenvalue weighted by atomic mass is 10.1. The molecule has 4 aromatic carbocycles. The highest BCUT2D eigenvalue weighted by atomic mass is 35.5. The summed E-state index contributed by atoms with van der Waals surface area (Å²) in [6.07, 6.45) is 1.67. The number of fused-ring (bicyclic) bond motifs is 1. The lowest BCUT2D eigenvalue weighted by Crippen LogP contribution is -2.17. The van der Waals surface area contributed by atoms with Crippen molar-refractivity contribution in [3.05, 3.63) is 129 Å². The standard InChI is InChI=1S/C31H25Cl2N3O2/c1-20-15-26(18-34-35-31(37)24-8-7-22-5-3-4-6-23(22)16-24)21(2)36(20)28-11-13-29(14-12-28)38-19-25-9-10-27(32)17-30(25)33/h3-18H,19H2,1-2H3,(H,35,37)/b34-18+. The number of carbonyl (C=O) groups excluding carboxylic acids is 1. The number of hydrogen-bond donors (Lipinski definition) is 1. The topological polar surface area (TPSA) is 55.6 Å². The fourth-order valence-corrected chi connectivity index (χ4v) is 4.83. The zero-order valence-electron chi connectivity index (χ0n) is 20.9. The van der Waals surface area contributed by atoms with Crippen LogP contribution in [0.2, 0.25) is 10.0 Å². The second-order valence-electron chi connectivity index (χ2n) is 8.94. The molecule has 0 bridgehead atoms. The van der Waals surface area contributed by atoms with E-state index in [9.17, 15) is 4.79 Å². The van der Waals surface area contributed by atoms with E-state index in [2.05, 4.69) is 15.1 Å². The molecule has 1 aromatic heterocycles. The van der Waals surface area contributed by atoms with E-state index in [4.69, 9.17) is 27.9 Å². The molecule has 7 heteroatoms. The van der Waals surface area contributed by atoms with Crippen molar-refractivity contribution < 1.29 is 9.53 Å². The van der Waals surface area contributed by atoms with Crippen LogP contribution in [0.15, 0.2) is 96.1 Å². The molecule has 38 heavy (non-hydrogen) atoms. The number of hydrazone groups is 1. The van der Waals surface area contributed by atoms with Crippen molar-refractivity contribution >= 4 is 46.1 Å². The molecule has 0 aliphatic heterocycles. The summed E-state index contributed by atoms with van der Waals surface area (Å²) >= 11 is 12.2. The molecule has 0 unspecified atom stereocenters. The molecule has 0 atom stereocenters. The van der Waals surface area contributed by atoms with Gasteiger partial charge in [0.2, 0.25) is 0 Å². The Hall–Kier alpha value is -4.06. The first-order valence-corrected chi connectivity index (χ1v) is 12.8. The number of carbonyl (C=O) groups is 1. The molecule has 0 aliphatic carbocycles. The zero-order chi connectivity index (χ0) is 26.6. The van der Waals surface area contributed by atoms with Gasteiger partial charge < -0.3 is 9.30 Å². The molecule has 0 fully saturated rings. The van der Waals surface area contributed by atoms with Crippen LogP contribution in [0.4, 0.5) is 0 Å². The van der Waals surface area contributed by atoms with Gasteiger partial charge in [0.25, 0.3) is 5.91 Å². The predicted octanol–water partition coefficient (Wildman–Crippen LogP) is 7.90. The number of rotatable bonds is 7. The van der Waals surface area contributed by atoms with Gasteiger partial charge in [-0.3, -0.25) is 4.79 Å². The number of amides is 1. The monoisotopic (exact) mass is 541 g/mol. The van der Waals surface area contributed by atoms with E-state index in [1.165, 1.54) is 0 Å². The summed E-state index contributed by atoms with van der Waals surface area (Å²) < 4.78 is 8.04. The van der Waals surface area contributed by atoms with Crippen molar-refractivity contribution in [2.75, 3.05) is 0 Å². The largest absolute Gasteiger partial charge is 0.489 e. The van der Waals surface area contributed by atoms with E-state index >= 15 is 0 Å². The average Bonchev–Trinajstić information content (AvgIpc) is 3.20. The quantitative estimate of drug-likeness (QED) is 0.168. The molecule has 1 N–H and O–H groups in total.